The fourth-order valence-corrected chi connectivity index (χ4v) is 4.77. The van der Waals surface area contributed by atoms with Crippen molar-refractivity contribution >= 4 is 11.3 Å². The molecule has 0 spiro atoms. The number of piperidine rings is 1. The van der Waals surface area contributed by atoms with Gasteiger partial charge >= 0.3 is 0 Å². The van der Waals surface area contributed by atoms with Crippen LogP contribution in [0.5, 0.6) is 0 Å². The van der Waals surface area contributed by atoms with Gasteiger partial charge in [0.05, 0.1) is 23.8 Å². The minimum absolute atomic E-state index is 0.689. The molecule has 24 heavy (non-hydrogen) atoms. The van der Waals surface area contributed by atoms with E-state index in [0.29, 0.717) is 6.04 Å². The Hall–Kier alpha value is -1.21. The summed E-state index contributed by atoms with van der Waals surface area (Å²) < 4.78 is 5.49. The first-order valence-corrected chi connectivity index (χ1v) is 9.83. The molecule has 0 aromatic carbocycles. The third-order valence-electron chi connectivity index (χ3n) is 5.11. The number of hydrogen-bond donors (Lipinski definition) is 1. The van der Waals surface area contributed by atoms with E-state index in [1.165, 1.54) is 42.1 Å². The average Bonchev–Trinajstić information content (AvgIpc) is 3.29. The molecule has 2 saturated heterocycles. The lowest BCUT2D eigenvalue weighted by Crippen LogP contribution is -2.48. The minimum Gasteiger partial charge on any atom is -0.379 e. The number of aromatic nitrogens is 2. The number of nitrogens with one attached hydrogen (secondary N) is 1. The molecule has 0 unspecified atom stereocenters. The van der Waals surface area contributed by atoms with Gasteiger partial charge in [-0.1, -0.05) is 6.42 Å². The number of likely N-dealkylation sites (tertiary alicyclic amines) is 1. The van der Waals surface area contributed by atoms with Crippen molar-refractivity contribution in [1.29, 1.82) is 0 Å². The van der Waals surface area contributed by atoms with Crippen LogP contribution >= 0.6 is 11.3 Å². The molecule has 0 saturated carbocycles. The second-order valence-corrected chi connectivity index (χ2v) is 7.94. The van der Waals surface area contributed by atoms with Crippen molar-refractivity contribution in [3.63, 3.8) is 0 Å². The minimum atomic E-state index is 0.689. The van der Waals surface area contributed by atoms with Crippen LogP contribution < -0.4 is 0 Å². The molecule has 130 valence electrons. The lowest BCUT2D eigenvalue weighted by atomic mass is 10.0. The summed E-state index contributed by atoms with van der Waals surface area (Å²) in [6, 6.07) is 7.22. The standard InChI is InChI=1S/C18H26N4OS/c1-2-8-22(15(3-1)13-21-9-11-23-12-10-21)14-16-4-5-18(24-16)17-6-7-19-20-17/h4-7,15H,1-3,8-14H2,(H,19,20)/t15-/m0/s1. The molecule has 0 aliphatic carbocycles. The first-order valence-electron chi connectivity index (χ1n) is 9.01. The quantitative estimate of drug-likeness (QED) is 0.904. The first kappa shape index (κ1) is 16.3. The molecule has 4 heterocycles. The number of hydrogen-bond acceptors (Lipinski definition) is 5. The van der Waals surface area contributed by atoms with Crippen LogP contribution in [0.2, 0.25) is 0 Å². The average molecular weight is 346 g/mol. The highest BCUT2D eigenvalue weighted by Gasteiger charge is 2.25. The normalized spacial score (nSPS) is 23.6. The Labute approximate surface area is 147 Å². The molecule has 2 fully saturated rings. The summed E-state index contributed by atoms with van der Waals surface area (Å²) >= 11 is 1.89. The number of H-pyrrole nitrogens is 1. The van der Waals surface area contributed by atoms with Crippen molar-refractivity contribution in [2.45, 2.75) is 31.8 Å². The van der Waals surface area contributed by atoms with Crippen LogP contribution in [-0.2, 0) is 11.3 Å². The van der Waals surface area contributed by atoms with E-state index >= 15 is 0 Å². The molecule has 0 bridgehead atoms. The molecule has 0 amide bonds. The number of thiophene rings is 1. The van der Waals surface area contributed by atoms with Crippen LogP contribution in [0, 0.1) is 0 Å². The Morgan fingerprint density at radius 1 is 1.17 bits per heavy atom. The highest BCUT2D eigenvalue weighted by Crippen LogP contribution is 2.29. The molecule has 1 atom stereocenters. The first-order chi connectivity index (χ1) is 11.9. The summed E-state index contributed by atoms with van der Waals surface area (Å²) in [4.78, 5) is 8.01. The highest BCUT2D eigenvalue weighted by molar-refractivity contribution is 7.15. The Balaban J connectivity index is 1.39. The lowest BCUT2D eigenvalue weighted by Gasteiger charge is -2.39. The van der Waals surface area contributed by atoms with Gasteiger partial charge in [-0.15, -0.1) is 11.3 Å². The summed E-state index contributed by atoms with van der Waals surface area (Å²) in [6.07, 6.45) is 5.85. The van der Waals surface area contributed by atoms with Crippen LogP contribution in [0.1, 0.15) is 24.1 Å². The van der Waals surface area contributed by atoms with Gasteiger partial charge in [0.1, 0.15) is 0 Å². The van der Waals surface area contributed by atoms with Crippen molar-refractivity contribution in [2.75, 3.05) is 39.4 Å². The smallest absolute Gasteiger partial charge is 0.0749 e. The molecular formula is C18H26N4OS. The molecular weight excluding hydrogens is 320 g/mol. The zero-order chi connectivity index (χ0) is 16.2. The SMILES string of the molecule is c1cc(-c2ccc(CN3CCCC[C@H]3CN3CCOCC3)s2)[nH]n1. The molecule has 5 nitrogen and oxygen atoms in total. The predicted molar refractivity (Wildman–Crippen MR) is 97.2 cm³/mol. The Kier molecular flexibility index (Phi) is 5.27. The van der Waals surface area contributed by atoms with Crippen LogP contribution in [0.15, 0.2) is 24.4 Å². The maximum Gasteiger partial charge on any atom is 0.0749 e. The van der Waals surface area contributed by atoms with Crippen LogP contribution in [0.4, 0.5) is 0 Å². The van der Waals surface area contributed by atoms with E-state index in [4.69, 9.17) is 4.74 Å². The van der Waals surface area contributed by atoms with Gasteiger partial charge in [0.2, 0.25) is 0 Å². The van der Waals surface area contributed by atoms with Gasteiger partial charge in [-0.2, -0.15) is 5.10 Å². The highest BCUT2D eigenvalue weighted by atomic mass is 32.1. The third kappa shape index (κ3) is 3.88. The van der Waals surface area contributed by atoms with E-state index in [9.17, 15) is 0 Å². The van der Waals surface area contributed by atoms with Crippen molar-refractivity contribution < 1.29 is 4.74 Å². The second-order valence-electron chi connectivity index (χ2n) is 6.77. The molecule has 2 aliphatic rings. The van der Waals surface area contributed by atoms with Gasteiger partial charge in [0.15, 0.2) is 0 Å². The van der Waals surface area contributed by atoms with Crippen LogP contribution in [0.25, 0.3) is 10.6 Å². The van der Waals surface area contributed by atoms with Gasteiger partial charge in [-0.25, -0.2) is 0 Å². The zero-order valence-electron chi connectivity index (χ0n) is 14.1. The molecule has 2 aliphatic heterocycles. The van der Waals surface area contributed by atoms with Crippen molar-refractivity contribution in [1.82, 2.24) is 20.0 Å². The van der Waals surface area contributed by atoms with Crippen molar-refractivity contribution in [3.8, 4) is 10.6 Å². The fourth-order valence-electron chi connectivity index (χ4n) is 3.76. The summed E-state index contributed by atoms with van der Waals surface area (Å²) in [6.45, 7) is 7.47. The number of ether oxygens (including phenoxy) is 1. The summed E-state index contributed by atoms with van der Waals surface area (Å²) in [5, 5.41) is 7.12. The van der Waals surface area contributed by atoms with Crippen LogP contribution in [0.3, 0.4) is 0 Å². The van der Waals surface area contributed by atoms with Gasteiger partial charge in [0.25, 0.3) is 0 Å². The summed E-state index contributed by atoms with van der Waals surface area (Å²) in [7, 11) is 0. The molecule has 2 aromatic rings. The summed E-state index contributed by atoms with van der Waals surface area (Å²) in [5.41, 5.74) is 1.12. The second kappa shape index (κ2) is 7.78. The van der Waals surface area contributed by atoms with Gasteiger partial charge in [0, 0.05) is 43.3 Å². The van der Waals surface area contributed by atoms with Crippen molar-refractivity contribution in [3.05, 3.63) is 29.3 Å². The monoisotopic (exact) mass is 346 g/mol. The van der Waals surface area contributed by atoms with E-state index in [2.05, 4.69) is 32.1 Å². The number of rotatable bonds is 5. The summed E-state index contributed by atoms with van der Waals surface area (Å²) in [5.74, 6) is 0. The molecule has 4 rings (SSSR count). The Bertz CT molecular complexity index is 621. The molecule has 0 radical (unpaired) electrons. The Morgan fingerprint density at radius 2 is 2.08 bits per heavy atom. The van der Waals surface area contributed by atoms with Gasteiger partial charge in [-0.3, -0.25) is 14.9 Å². The molecule has 6 heteroatoms. The topological polar surface area (TPSA) is 44.4 Å². The van der Waals surface area contributed by atoms with Gasteiger partial charge in [-0.05, 0) is 37.6 Å². The van der Waals surface area contributed by atoms with Crippen LogP contribution in [-0.4, -0.2) is 65.4 Å². The number of aromatic amines is 1. The number of morpholine rings is 1. The van der Waals surface area contributed by atoms with E-state index < -0.39 is 0 Å². The van der Waals surface area contributed by atoms with E-state index in [1.54, 1.807) is 0 Å². The number of nitrogens with zero attached hydrogens (tertiary/aromatic N) is 3. The molecule has 2 aromatic heterocycles. The Morgan fingerprint density at radius 3 is 2.92 bits per heavy atom. The van der Waals surface area contributed by atoms with E-state index in [1.807, 2.05) is 23.6 Å². The third-order valence-corrected chi connectivity index (χ3v) is 6.21. The maximum absolute atomic E-state index is 5.49. The fraction of sp³-hybridized carbons (Fsp3) is 0.611. The lowest BCUT2D eigenvalue weighted by molar-refractivity contribution is 0.0155. The zero-order valence-corrected chi connectivity index (χ0v) is 14.9. The van der Waals surface area contributed by atoms with E-state index in [-0.39, 0.29) is 0 Å². The maximum atomic E-state index is 5.49. The largest absolute Gasteiger partial charge is 0.379 e. The van der Waals surface area contributed by atoms with E-state index in [0.717, 1.165) is 38.5 Å². The molecule has 1 N–H and O–H groups in total. The predicted octanol–water partition coefficient (Wildman–Crippen LogP) is 2.82. The van der Waals surface area contributed by atoms with Gasteiger partial charge < -0.3 is 4.74 Å². The van der Waals surface area contributed by atoms with Crippen molar-refractivity contribution in [2.24, 2.45) is 0 Å².